The molecule has 86 valence electrons. The number of rotatable bonds is 5. The molecule has 3 heteroatoms. The van der Waals surface area contributed by atoms with Crippen molar-refractivity contribution in [2.24, 2.45) is 0 Å². The summed E-state index contributed by atoms with van der Waals surface area (Å²) in [6.45, 7) is 0.263. The zero-order valence-corrected chi connectivity index (χ0v) is 9.39. The van der Waals surface area contributed by atoms with Gasteiger partial charge in [0.2, 0.25) is 0 Å². The van der Waals surface area contributed by atoms with E-state index in [0.29, 0.717) is 0 Å². The van der Waals surface area contributed by atoms with E-state index in [1.807, 2.05) is 60.7 Å². The molecule has 2 aromatic carbocycles. The van der Waals surface area contributed by atoms with Gasteiger partial charge in [-0.3, -0.25) is 4.79 Å². The third kappa shape index (κ3) is 3.43. The van der Waals surface area contributed by atoms with Crippen LogP contribution in [0.3, 0.4) is 0 Å². The Morgan fingerprint density at radius 1 is 0.882 bits per heavy atom. The fraction of sp³-hybridized carbons (Fsp3) is 0.0714. The lowest BCUT2D eigenvalue weighted by Crippen LogP contribution is -2.28. The second kappa shape index (κ2) is 5.82. The molecule has 0 saturated heterocycles. The first-order valence-corrected chi connectivity index (χ1v) is 5.48. The summed E-state index contributed by atoms with van der Waals surface area (Å²) >= 11 is 0. The van der Waals surface area contributed by atoms with E-state index >= 15 is 0 Å². The Kier molecular flexibility index (Phi) is 3.89. The topological polar surface area (TPSA) is 41.1 Å². The smallest absolute Gasteiger partial charge is 0.178 e. The fourth-order valence-corrected chi connectivity index (χ4v) is 1.47. The molecule has 0 heterocycles. The number of hydrogen-bond donors (Lipinski definition) is 2. The van der Waals surface area contributed by atoms with Crippen LogP contribution in [-0.2, 0) is 0 Å². The summed E-state index contributed by atoms with van der Waals surface area (Å²) < 4.78 is 0. The molecule has 0 aliphatic rings. The molecular weight excluding hydrogens is 212 g/mol. The lowest BCUT2D eigenvalue weighted by molar-refractivity contribution is 0.0993. The van der Waals surface area contributed by atoms with Gasteiger partial charge in [0.1, 0.15) is 0 Å². The third-order valence-electron chi connectivity index (χ3n) is 2.35. The van der Waals surface area contributed by atoms with E-state index in [9.17, 15) is 4.79 Å². The largest absolute Gasteiger partial charge is 0.321 e. The summed E-state index contributed by atoms with van der Waals surface area (Å²) in [4.78, 5) is 11.7. The molecular formula is C14H14N2O. The minimum absolute atomic E-state index is 0.0639. The molecule has 0 saturated carbocycles. The Morgan fingerprint density at radius 2 is 1.47 bits per heavy atom. The van der Waals surface area contributed by atoms with Gasteiger partial charge < -0.3 is 5.43 Å². The minimum Gasteiger partial charge on any atom is -0.321 e. The van der Waals surface area contributed by atoms with Crippen molar-refractivity contribution in [3.63, 3.8) is 0 Å². The van der Waals surface area contributed by atoms with Crippen molar-refractivity contribution in [2.45, 2.75) is 0 Å². The number of Topliss-reactive ketones (excluding diaryl/α,β-unsaturated/α-hetero) is 1. The second-order valence-electron chi connectivity index (χ2n) is 3.63. The van der Waals surface area contributed by atoms with Crippen LogP contribution in [0.15, 0.2) is 60.7 Å². The van der Waals surface area contributed by atoms with E-state index in [1.165, 1.54) is 0 Å². The van der Waals surface area contributed by atoms with Crippen LogP contribution in [0.4, 0.5) is 5.69 Å². The third-order valence-corrected chi connectivity index (χ3v) is 2.35. The van der Waals surface area contributed by atoms with Crippen LogP contribution >= 0.6 is 0 Å². The molecule has 2 aromatic rings. The molecule has 0 fully saturated rings. The minimum atomic E-state index is 0.0639. The Morgan fingerprint density at radius 3 is 2.12 bits per heavy atom. The van der Waals surface area contributed by atoms with Crippen LogP contribution in [-0.4, -0.2) is 12.3 Å². The number of anilines is 1. The summed E-state index contributed by atoms with van der Waals surface area (Å²) in [5.41, 5.74) is 7.53. The summed E-state index contributed by atoms with van der Waals surface area (Å²) in [6, 6.07) is 18.9. The first kappa shape index (κ1) is 11.4. The quantitative estimate of drug-likeness (QED) is 0.608. The standard InChI is InChI=1S/C14H14N2O/c17-14(12-7-3-1-4-8-12)11-15-16-13-9-5-2-6-10-13/h1-10,15-16H,11H2. The Hall–Kier alpha value is -2.13. The van der Waals surface area contributed by atoms with E-state index in [1.54, 1.807) is 0 Å². The van der Waals surface area contributed by atoms with Crippen LogP contribution in [0.1, 0.15) is 10.4 Å². The van der Waals surface area contributed by atoms with E-state index in [-0.39, 0.29) is 12.3 Å². The van der Waals surface area contributed by atoms with Crippen LogP contribution in [0.5, 0.6) is 0 Å². The summed E-state index contributed by atoms with van der Waals surface area (Å²) in [5, 5.41) is 0. The van der Waals surface area contributed by atoms with Crippen LogP contribution in [0.25, 0.3) is 0 Å². The maximum Gasteiger partial charge on any atom is 0.178 e. The second-order valence-corrected chi connectivity index (χ2v) is 3.63. The number of nitrogens with one attached hydrogen (secondary N) is 2. The molecule has 0 aromatic heterocycles. The zero-order valence-electron chi connectivity index (χ0n) is 9.39. The molecule has 3 nitrogen and oxygen atoms in total. The number of hydrogen-bond acceptors (Lipinski definition) is 3. The molecule has 2 rings (SSSR count). The number of carbonyl (C=O) groups is 1. The average Bonchev–Trinajstić information content (AvgIpc) is 2.41. The highest BCUT2D eigenvalue weighted by Crippen LogP contribution is 2.03. The van der Waals surface area contributed by atoms with Gasteiger partial charge in [0.25, 0.3) is 0 Å². The highest BCUT2D eigenvalue weighted by Gasteiger charge is 2.03. The normalized spacial score (nSPS) is 9.88. The monoisotopic (exact) mass is 226 g/mol. The van der Waals surface area contributed by atoms with E-state index in [0.717, 1.165) is 11.3 Å². The van der Waals surface area contributed by atoms with Gasteiger partial charge in [0, 0.05) is 11.3 Å². The Balaban J connectivity index is 1.82. The molecule has 0 spiro atoms. The lowest BCUT2D eigenvalue weighted by atomic mass is 10.1. The van der Waals surface area contributed by atoms with E-state index in [2.05, 4.69) is 10.9 Å². The van der Waals surface area contributed by atoms with Gasteiger partial charge in [-0.2, -0.15) is 0 Å². The molecule has 0 radical (unpaired) electrons. The summed E-state index contributed by atoms with van der Waals surface area (Å²) in [6.07, 6.45) is 0. The van der Waals surface area contributed by atoms with Crippen molar-refractivity contribution < 1.29 is 4.79 Å². The molecule has 0 unspecified atom stereocenters. The molecule has 0 aliphatic carbocycles. The molecule has 0 atom stereocenters. The van der Waals surface area contributed by atoms with Crippen LogP contribution in [0, 0.1) is 0 Å². The van der Waals surface area contributed by atoms with Crippen molar-refractivity contribution in [3.05, 3.63) is 66.2 Å². The van der Waals surface area contributed by atoms with Crippen molar-refractivity contribution in [3.8, 4) is 0 Å². The number of benzene rings is 2. The summed E-state index contributed by atoms with van der Waals surface area (Å²) in [7, 11) is 0. The number of carbonyl (C=O) groups excluding carboxylic acids is 1. The van der Waals surface area contributed by atoms with Crippen molar-refractivity contribution >= 4 is 11.5 Å². The predicted octanol–water partition coefficient (Wildman–Crippen LogP) is 2.49. The van der Waals surface area contributed by atoms with Gasteiger partial charge in [-0.15, -0.1) is 0 Å². The lowest BCUT2D eigenvalue weighted by Gasteiger charge is -2.07. The van der Waals surface area contributed by atoms with Gasteiger partial charge in [-0.1, -0.05) is 48.5 Å². The van der Waals surface area contributed by atoms with E-state index < -0.39 is 0 Å². The van der Waals surface area contributed by atoms with E-state index in [4.69, 9.17) is 0 Å². The predicted molar refractivity (Wildman–Crippen MR) is 68.8 cm³/mol. The maximum atomic E-state index is 11.7. The van der Waals surface area contributed by atoms with Gasteiger partial charge in [-0.05, 0) is 12.1 Å². The first-order valence-electron chi connectivity index (χ1n) is 5.48. The average molecular weight is 226 g/mol. The van der Waals surface area contributed by atoms with Gasteiger partial charge in [0.15, 0.2) is 5.78 Å². The van der Waals surface area contributed by atoms with Gasteiger partial charge >= 0.3 is 0 Å². The first-order chi connectivity index (χ1) is 8.36. The molecule has 0 bridgehead atoms. The molecule has 17 heavy (non-hydrogen) atoms. The van der Waals surface area contributed by atoms with Crippen molar-refractivity contribution in [1.82, 2.24) is 5.43 Å². The number of para-hydroxylation sites is 1. The summed E-state index contributed by atoms with van der Waals surface area (Å²) in [5.74, 6) is 0.0639. The number of hydrazine groups is 1. The van der Waals surface area contributed by atoms with Gasteiger partial charge in [0.05, 0.1) is 6.54 Å². The Labute approximate surface area is 100 Å². The maximum absolute atomic E-state index is 11.7. The zero-order chi connectivity index (χ0) is 11.9. The van der Waals surface area contributed by atoms with Crippen LogP contribution in [0.2, 0.25) is 0 Å². The number of ketones is 1. The highest BCUT2D eigenvalue weighted by molar-refractivity contribution is 5.97. The fourth-order valence-electron chi connectivity index (χ4n) is 1.47. The highest BCUT2D eigenvalue weighted by atomic mass is 16.1. The molecule has 2 N–H and O–H groups in total. The molecule has 0 aliphatic heterocycles. The van der Waals surface area contributed by atoms with Crippen molar-refractivity contribution in [2.75, 3.05) is 12.0 Å². The van der Waals surface area contributed by atoms with Crippen molar-refractivity contribution in [1.29, 1.82) is 0 Å². The SMILES string of the molecule is O=C(CNNc1ccccc1)c1ccccc1. The Bertz CT molecular complexity index is 468. The molecule has 0 amide bonds. The van der Waals surface area contributed by atoms with Crippen LogP contribution < -0.4 is 10.9 Å². The van der Waals surface area contributed by atoms with Gasteiger partial charge in [-0.25, -0.2) is 5.43 Å².